The normalized spacial score (nSPS) is 9.71. The van der Waals surface area contributed by atoms with Crippen LogP contribution in [0.5, 0.6) is 0 Å². The zero-order valence-corrected chi connectivity index (χ0v) is 12.9. The molecule has 0 saturated heterocycles. The van der Waals surface area contributed by atoms with Crippen molar-refractivity contribution in [2.24, 2.45) is 0 Å². The summed E-state index contributed by atoms with van der Waals surface area (Å²) in [6.07, 6.45) is 0. The van der Waals surface area contributed by atoms with Gasteiger partial charge in [0.2, 0.25) is 0 Å². The smallest absolute Gasteiger partial charge is 0.545 e. The number of benzene rings is 2. The molecule has 0 heterocycles. The van der Waals surface area contributed by atoms with E-state index in [9.17, 15) is 19.8 Å². The van der Waals surface area contributed by atoms with Gasteiger partial charge in [-0.1, -0.05) is 58.0 Å². The van der Waals surface area contributed by atoms with Crippen LogP contribution in [-0.4, -0.2) is 11.9 Å². The number of hydrogen-bond acceptors (Lipinski definition) is 6. The van der Waals surface area contributed by atoms with Crippen molar-refractivity contribution in [2.75, 3.05) is 0 Å². The van der Waals surface area contributed by atoms with E-state index in [2.05, 4.69) is 0 Å². The molecule has 0 saturated carbocycles. The van der Waals surface area contributed by atoms with Crippen molar-refractivity contribution in [2.45, 2.75) is 9.79 Å². The molecule has 0 spiro atoms. The summed E-state index contributed by atoms with van der Waals surface area (Å²) in [5.74, 6) is -2.52. The van der Waals surface area contributed by atoms with Gasteiger partial charge < -0.3 is 19.8 Å². The second-order valence-electron chi connectivity index (χ2n) is 3.73. The first-order valence-corrected chi connectivity index (χ1v) is 7.70. The number of hydrogen-bond donors (Lipinski definition) is 0. The number of rotatable bonds is 5. The van der Waals surface area contributed by atoms with E-state index in [0.717, 1.165) is 21.6 Å². The molecule has 0 bridgehead atoms. The van der Waals surface area contributed by atoms with Crippen LogP contribution in [0.2, 0.25) is 0 Å². The molecule has 4 nitrogen and oxygen atoms in total. The molecule has 0 aliphatic carbocycles. The third kappa shape index (κ3) is 4.54. The first kappa shape index (κ1) is 17.7. The summed E-state index contributed by atoms with van der Waals surface area (Å²) in [5.41, 5.74) is 0.159. The van der Waals surface area contributed by atoms with Gasteiger partial charge in [-0.3, -0.25) is 0 Å². The minimum absolute atomic E-state index is 0. The van der Waals surface area contributed by atoms with Crippen molar-refractivity contribution in [1.82, 2.24) is 0 Å². The van der Waals surface area contributed by atoms with Gasteiger partial charge in [-0.25, -0.2) is 0 Å². The van der Waals surface area contributed by atoms with Crippen LogP contribution in [-0.2, 0) is 17.1 Å². The van der Waals surface area contributed by atoms with Gasteiger partial charge >= 0.3 is 17.1 Å². The zero-order chi connectivity index (χ0) is 14.5. The van der Waals surface area contributed by atoms with Crippen LogP contribution in [0.25, 0.3) is 0 Å². The monoisotopic (exact) mass is 367 g/mol. The van der Waals surface area contributed by atoms with Gasteiger partial charge in [-0.15, -0.1) is 0 Å². The Labute approximate surface area is 139 Å². The van der Waals surface area contributed by atoms with Crippen molar-refractivity contribution in [3.05, 3.63) is 59.7 Å². The molecule has 0 N–H and O–H groups in total. The predicted molar refractivity (Wildman–Crippen MR) is 73.3 cm³/mol. The molecule has 2 aromatic carbocycles. The van der Waals surface area contributed by atoms with Gasteiger partial charge in [0, 0.05) is 20.9 Å². The minimum atomic E-state index is -1.26. The molecule has 21 heavy (non-hydrogen) atoms. The summed E-state index contributed by atoms with van der Waals surface area (Å²) in [6, 6.07) is 12.8. The molecule has 2 aromatic rings. The first-order chi connectivity index (χ1) is 9.59. The average molecular weight is 368 g/mol. The summed E-state index contributed by atoms with van der Waals surface area (Å²) in [6.45, 7) is 0. The molecule has 7 heteroatoms. The van der Waals surface area contributed by atoms with Crippen LogP contribution in [0.1, 0.15) is 20.7 Å². The maximum absolute atomic E-state index is 11.0. The number of carboxylic acid groups (broad SMARTS) is 2. The Morgan fingerprint density at radius 1 is 0.714 bits per heavy atom. The van der Waals surface area contributed by atoms with E-state index in [-0.39, 0.29) is 28.2 Å². The predicted octanol–water partition coefficient (Wildman–Crippen LogP) is 1.21. The van der Waals surface area contributed by atoms with E-state index in [4.69, 9.17) is 0 Å². The van der Waals surface area contributed by atoms with E-state index < -0.39 is 11.9 Å². The quantitative estimate of drug-likeness (QED) is 0.583. The van der Waals surface area contributed by atoms with Crippen LogP contribution in [0, 0.1) is 0 Å². The molecule has 0 amide bonds. The Morgan fingerprint density at radius 3 is 1.38 bits per heavy atom. The molecule has 0 fully saturated rings. The van der Waals surface area contributed by atoms with Crippen LogP contribution in [0.4, 0.5) is 0 Å². The van der Waals surface area contributed by atoms with Gasteiger partial charge in [-0.05, 0) is 12.1 Å². The van der Waals surface area contributed by atoms with Gasteiger partial charge in [0.1, 0.15) is 0 Å². The molecule has 111 valence electrons. The van der Waals surface area contributed by atoms with Crippen molar-refractivity contribution in [3.63, 3.8) is 0 Å². The van der Waals surface area contributed by atoms with Gasteiger partial charge in [0.15, 0.2) is 0 Å². The molecule has 0 atom stereocenters. The van der Waals surface area contributed by atoms with E-state index in [1.807, 2.05) is 0 Å². The molecular weight excluding hydrogens is 360 g/mol. The SMILES string of the molecule is O=C([O-])c1ccccc1SSc1ccccc1C(=O)[O-].[Cu+2]. The Bertz CT molecular complexity index is 603. The third-order valence-electron chi connectivity index (χ3n) is 2.44. The Morgan fingerprint density at radius 2 is 1.05 bits per heavy atom. The van der Waals surface area contributed by atoms with Gasteiger partial charge in [0.05, 0.1) is 11.9 Å². The zero-order valence-electron chi connectivity index (χ0n) is 10.4. The number of carbonyl (C=O) groups excluding carboxylic acids is 2. The van der Waals surface area contributed by atoms with Crippen molar-refractivity contribution < 1.29 is 36.9 Å². The average Bonchev–Trinajstić information content (AvgIpc) is 2.45. The van der Waals surface area contributed by atoms with Crippen molar-refractivity contribution >= 4 is 33.5 Å². The molecule has 0 unspecified atom stereocenters. The maximum Gasteiger partial charge on any atom is 2.00 e. The molecule has 0 aromatic heterocycles. The van der Waals surface area contributed by atoms with E-state index in [1.165, 1.54) is 12.1 Å². The molecular formula is C14H8CuO4S2. The minimum Gasteiger partial charge on any atom is -0.545 e. The number of carboxylic acids is 2. The molecule has 0 aliphatic heterocycles. The third-order valence-corrected chi connectivity index (χ3v) is 4.92. The molecule has 0 aliphatic rings. The summed E-state index contributed by atoms with van der Waals surface area (Å²) in [7, 11) is 2.33. The van der Waals surface area contributed by atoms with Crippen LogP contribution >= 0.6 is 21.6 Å². The topological polar surface area (TPSA) is 80.3 Å². The summed E-state index contributed by atoms with van der Waals surface area (Å²) in [4.78, 5) is 23.0. The van der Waals surface area contributed by atoms with Crippen LogP contribution in [0.3, 0.4) is 0 Å². The van der Waals surface area contributed by atoms with Crippen molar-refractivity contribution in [3.8, 4) is 0 Å². The van der Waals surface area contributed by atoms with Gasteiger partial charge in [0.25, 0.3) is 0 Å². The number of aromatic carboxylic acids is 2. The van der Waals surface area contributed by atoms with Gasteiger partial charge in [-0.2, -0.15) is 0 Å². The summed E-state index contributed by atoms with van der Waals surface area (Å²) >= 11 is 0. The van der Waals surface area contributed by atoms with E-state index in [0.29, 0.717) is 9.79 Å². The summed E-state index contributed by atoms with van der Waals surface area (Å²) < 4.78 is 0. The standard InChI is InChI=1S/C14H10O4S2.Cu/c15-13(16)9-5-1-3-7-11(9)19-20-12-8-4-2-6-10(12)14(17)18;/h1-8H,(H,15,16)(H,17,18);/q;+2/p-2. The van der Waals surface area contributed by atoms with Crippen LogP contribution in [0.15, 0.2) is 58.3 Å². The van der Waals surface area contributed by atoms with E-state index in [1.54, 1.807) is 36.4 Å². The fourth-order valence-electron chi connectivity index (χ4n) is 1.51. The fraction of sp³-hybridized carbons (Fsp3) is 0. The van der Waals surface area contributed by atoms with E-state index >= 15 is 0 Å². The van der Waals surface area contributed by atoms with Crippen LogP contribution < -0.4 is 10.2 Å². The molecule has 2 rings (SSSR count). The Kier molecular flexibility index (Phi) is 6.84. The Hall–Kier alpha value is -1.40. The largest absolute Gasteiger partial charge is 2.00 e. The second-order valence-corrected chi connectivity index (χ2v) is 5.95. The second kappa shape index (κ2) is 8.14. The molecule has 1 radical (unpaired) electrons. The fourth-order valence-corrected chi connectivity index (χ4v) is 3.85. The number of carbonyl (C=O) groups is 2. The Balaban J connectivity index is 0.00000220. The van der Waals surface area contributed by atoms with Crippen molar-refractivity contribution in [1.29, 1.82) is 0 Å². The maximum atomic E-state index is 11.0. The first-order valence-electron chi connectivity index (χ1n) is 5.55. The summed E-state index contributed by atoms with van der Waals surface area (Å²) in [5, 5.41) is 21.9.